The number of aryl methyl sites for hydroxylation is 1. The Morgan fingerprint density at radius 2 is 1.93 bits per heavy atom. The minimum absolute atomic E-state index is 0.470. The van der Waals surface area contributed by atoms with E-state index in [0.717, 1.165) is 44.4 Å². The zero-order chi connectivity index (χ0) is 20.3. The van der Waals surface area contributed by atoms with Crippen molar-refractivity contribution >= 4 is 22.4 Å². The monoisotopic (exact) mass is 372 g/mol. The van der Waals surface area contributed by atoms with Gasteiger partial charge in [-0.3, -0.25) is 10.0 Å². The summed E-state index contributed by atoms with van der Waals surface area (Å²) < 4.78 is 0. The van der Waals surface area contributed by atoms with Crippen molar-refractivity contribution in [3.63, 3.8) is 0 Å². The zero-order valence-corrected chi connectivity index (χ0v) is 16.4. The van der Waals surface area contributed by atoms with Crippen molar-refractivity contribution in [2.45, 2.75) is 27.2 Å². The molecule has 0 aliphatic heterocycles. The Balaban J connectivity index is 2.28. The van der Waals surface area contributed by atoms with Crippen LogP contribution in [0.5, 0.6) is 0 Å². The number of amides is 1. The van der Waals surface area contributed by atoms with Crippen molar-refractivity contribution in [3.8, 4) is 11.3 Å². The molecule has 0 spiro atoms. The minimum atomic E-state index is -0.518. The Morgan fingerprint density at radius 3 is 2.50 bits per heavy atom. The summed E-state index contributed by atoms with van der Waals surface area (Å²) in [6.07, 6.45) is 4.45. The van der Waals surface area contributed by atoms with Gasteiger partial charge in [0.15, 0.2) is 0 Å². The predicted octanol–water partition coefficient (Wildman–Crippen LogP) is 5.48. The van der Waals surface area contributed by atoms with Gasteiger partial charge in [-0.25, -0.2) is 10.5 Å². The van der Waals surface area contributed by atoms with Gasteiger partial charge in [-0.1, -0.05) is 61.5 Å². The SMILES string of the molecule is C=C/C(=C\C)c1ccc(-c2nc3ccc(C)cc3c(C(=O)NO)c2CC)cc1. The lowest BCUT2D eigenvalue weighted by atomic mass is 9.93. The van der Waals surface area contributed by atoms with Crippen LogP contribution in [0.1, 0.15) is 40.9 Å². The molecule has 0 bridgehead atoms. The molecule has 4 nitrogen and oxygen atoms in total. The summed E-state index contributed by atoms with van der Waals surface area (Å²) in [6.45, 7) is 9.78. The molecule has 3 aromatic rings. The summed E-state index contributed by atoms with van der Waals surface area (Å²) in [5.74, 6) is -0.518. The van der Waals surface area contributed by atoms with E-state index in [0.29, 0.717) is 12.0 Å². The molecule has 0 aliphatic carbocycles. The van der Waals surface area contributed by atoms with Crippen LogP contribution < -0.4 is 5.48 Å². The third-order valence-corrected chi connectivity index (χ3v) is 4.95. The number of allylic oxidation sites excluding steroid dienone is 3. The molecule has 1 aromatic heterocycles. The first-order valence-electron chi connectivity index (χ1n) is 9.31. The third-order valence-electron chi connectivity index (χ3n) is 4.95. The largest absolute Gasteiger partial charge is 0.288 e. The molecule has 1 heterocycles. The van der Waals surface area contributed by atoms with Gasteiger partial charge in [-0.05, 0) is 49.1 Å². The highest BCUT2D eigenvalue weighted by Crippen LogP contribution is 2.32. The van der Waals surface area contributed by atoms with Crippen LogP contribution in [0, 0.1) is 6.92 Å². The highest BCUT2D eigenvalue weighted by Gasteiger charge is 2.20. The molecule has 0 saturated heterocycles. The van der Waals surface area contributed by atoms with Gasteiger partial charge in [-0.15, -0.1) is 0 Å². The molecular weight excluding hydrogens is 348 g/mol. The Labute approximate surface area is 165 Å². The number of hydroxylamine groups is 1. The summed E-state index contributed by atoms with van der Waals surface area (Å²) in [7, 11) is 0. The van der Waals surface area contributed by atoms with Gasteiger partial charge >= 0.3 is 0 Å². The fourth-order valence-electron chi connectivity index (χ4n) is 3.54. The lowest BCUT2D eigenvalue weighted by Crippen LogP contribution is -2.21. The smallest absolute Gasteiger partial charge is 0.275 e. The summed E-state index contributed by atoms with van der Waals surface area (Å²) in [5, 5.41) is 10.1. The fraction of sp³-hybridized carbons (Fsp3) is 0.167. The molecular formula is C24H24N2O2. The molecule has 2 N–H and O–H groups in total. The number of carbonyl (C=O) groups excluding carboxylic acids is 1. The summed E-state index contributed by atoms with van der Waals surface area (Å²) in [4.78, 5) is 17.4. The minimum Gasteiger partial charge on any atom is -0.288 e. The molecule has 28 heavy (non-hydrogen) atoms. The normalized spacial score (nSPS) is 11.5. The van der Waals surface area contributed by atoms with Crippen molar-refractivity contribution in [2.24, 2.45) is 0 Å². The first-order valence-corrected chi connectivity index (χ1v) is 9.31. The number of fused-ring (bicyclic) bond motifs is 1. The molecule has 0 fully saturated rings. The lowest BCUT2D eigenvalue weighted by Gasteiger charge is -2.16. The highest BCUT2D eigenvalue weighted by molar-refractivity contribution is 6.08. The average molecular weight is 372 g/mol. The molecule has 0 unspecified atom stereocenters. The van der Waals surface area contributed by atoms with Crippen molar-refractivity contribution in [1.29, 1.82) is 0 Å². The van der Waals surface area contributed by atoms with E-state index in [4.69, 9.17) is 4.98 Å². The topological polar surface area (TPSA) is 62.2 Å². The van der Waals surface area contributed by atoms with Gasteiger partial charge < -0.3 is 0 Å². The second kappa shape index (κ2) is 8.19. The molecule has 0 aliphatic rings. The summed E-state index contributed by atoms with van der Waals surface area (Å²) >= 11 is 0. The van der Waals surface area contributed by atoms with Crippen LogP contribution in [0.2, 0.25) is 0 Å². The Morgan fingerprint density at radius 1 is 1.21 bits per heavy atom. The van der Waals surface area contributed by atoms with Crippen LogP contribution in [0.3, 0.4) is 0 Å². The quantitative estimate of drug-likeness (QED) is 0.354. The Hall–Kier alpha value is -3.24. The van der Waals surface area contributed by atoms with Gasteiger partial charge in [0.2, 0.25) is 0 Å². The average Bonchev–Trinajstić information content (AvgIpc) is 2.73. The van der Waals surface area contributed by atoms with Gasteiger partial charge in [-0.2, -0.15) is 0 Å². The van der Waals surface area contributed by atoms with Crippen LogP contribution in [0.15, 0.2) is 61.2 Å². The van der Waals surface area contributed by atoms with Crippen molar-refractivity contribution < 1.29 is 10.0 Å². The van der Waals surface area contributed by atoms with E-state index >= 15 is 0 Å². The standard InChI is InChI=1S/C24H24N2O2/c1-5-16(6-2)17-9-11-18(12-10-17)23-19(7-3)22(24(27)26-28)20-14-15(4)8-13-21(20)25-23/h5-6,8-14,28H,1,7H2,2-4H3,(H,26,27)/b16-6+. The van der Waals surface area contributed by atoms with Crippen LogP contribution in [-0.2, 0) is 6.42 Å². The number of hydrogen-bond donors (Lipinski definition) is 2. The van der Waals surface area contributed by atoms with Gasteiger partial charge in [0.25, 0.3) is 5.91 Å². The van der Waals surface area contributed by atoms with Crippen LogP contribution in [0.25, 0.3) is 27.7 Å². The maximum absolute atomic E-state index is 12.5. The first kappa shape index (κ1) is 19.5. The van der Waals surface area contributed by atoms with Crippen molar-refractivity contribution in [2.75, 3.05) is 0 Å². The van der Waals surface area contributed by atoms with Crippen molar-refractivity contribution in [3.05, 3.63) is 83.4 Å². The lowest BCUT2D eigenvalue weighted by molar-refractivity contribution is 0.0707. The number of nitrogens with zero attached hydrogens (tertiary/aromatic N) is 1. The van der Waals surface area contributed by atoms with Crippen LogP contribution in [-0.4, -0.2) is 16.1 Å². The maximum atomic E-state index is 12.5. The summed E-state index contributed by atoms with van der Waals surface area (Å²) in [6, 6.07) is 13.9. The second-order valence-electron chi connectivity index (χ2n) is 6.65. The zero-order valence-electron chi connectivity index (χ0n) is 16.4. The van der Waals surface area contributed by atoms with Crippen LogP contribution in [0.4, 0.5) is 0 Å². The number of aromatic nitrogens is 1. The second-order valence-corrected chi connectivity index (χ2v) is 6.65. The number of carbonyl (C=O) groups is 1. The van der Waals surface area contributed by atoms with Crippen molar-refractivity contribution in [1.82, 2.24) is 10.5 Å². The highest BCUT2D eigenvalue weighted by atomic mass is 16.5. The van der Waals surface area contributed by atoms with Crippen LogP contribution >= 0.6 is 0 Å². The van der Waals surface area contributed by atoms with E-state index in [1.54, 1.807) is 5.48 Å². The molecule has 4 heteroatoms. The number of rotatable bonds is 5. The number of pyridine rings is 1. The van der Waals surface area contributed by atoms with E-state index in [2.05, 4.69) is 6.58 Å². The fourth-order valence-corrected chi connectivity index (χ4v) is 3.54. The summed E-state index contributed by atoms with van der Waals surface area (Å²) in [5.41, 5.74) is 8.65. The molecule has 3 rings (SSSR count). The van der Waals surface area contributed by atoms with E-state index < -0.39 is 5.91 Å². The number of nitrogens with one attached hydrogen (secondary N) is 1. The number of hydrogen-bond acceptors (Lipinski definition) is 3. The number of benzene rings is 2. The Kier molecular flexibility index (Phi) is 5.71. The van der Waals surface area contributed by atoms with E-state index in [1.807, 2.05) is 75.4 Å². The Bertz CT molecular complexity index is 1080. The van der Waals surface area contributed by atoms with E-state index in [-0.39, 0.29) is 0 Å². The van der Waals surface area contributed by atoms with E-state index in [9.17, 15) is 10.0 Å². The maximum Gasteiger partial charge on any atom is 0.275 e. The molecule has 1 amide bonds. The molecule has 2 aromatic carbocycles. The van der Waals surface area contributed by atoms with Gasteiger partial charge in [0.05, 0.1) is 16.8 Å². The predicted molar refractivity (Wildman–Crippen MR) is 114 cm³/mol. The third kappa shape index (κ3) is 3.47. The first-order chi connectivity index (χ1) is 13.5. The molecule has 142 valence electrons. The molecule has 0 radical (unpaired) electrons. The van der Waals surface area contributed by atoms with Gasteiger partial charge in [0, 0.05) is 10.9 Å². The molecule has 0 saturated carbocycles. The molecule has 0 atom stereocenters. The van der Waals surface area contributed by atoms with E-state index in [1.165, 1.54) is 0 Å². The van der Waals surface area contributed by atoms with Gasteiger partial charge in [0.1, 0.15) is 0 Å².